The highest BCUT2D eigenvalue weighted by Gasteiger charge is 2.43. The number of likely N-dealkylation sites (tertiary alicyclic amines) is 1. The SMILES string of the molecule is CC(C)n1ncc2c1C(=O)CC1(CCN(C(=O)c3nc4ccc(-c5ccc(C(=O)O)cc5)cc4[nH]3)CC1)C2. The molecule has 2 N–H and O–H groups in total. The van der Waals surface area contributed by atoms with Crippen molar-refractivity contribution in [2.45, 2.75) is 45.6 Å². The molecule has 9 heteroatoms. The van der Waals surface area contributed by atoms with E-state index in [1.807, 2.05) is 47.8 Å². The van der Waals surface area contributed by atoms with Crippen molar-refractivity contribution in [1.82, 2.24) is 24.6 Å². The number of carboxylic acids is 1. The molecule has 1 amide bonds. The van der Waals surface area contributed by atoms with Gasteiger partial charge in [0, 0.05) is 31.1 Å². The molecule has 0 atom stereocenters. The molecule has 0 unspecified atom stereocenters. The molecular weight excluding hydrogens is 482 g/mol. The van der Waals surface area contributed by atoms with Crippen molar-refractivity contribution < 1.29 is 19.5 Å². The molecule has 4 aromatic rings. The van der Waals surface area contributed by atoms with E-state index in [-0.39, 0.29) is 28.7 Å². The second-order valence-corrected chi connectivity index (χ2v) is 10.8. The lowest BCUT2D eigenvalue weighted by Crippen LogP contribution is -2.46. The highest BCUT2D eigenvalue weighted by molar-refractivity contribution is 5.98. The average molecular weight is 512 g/mol. The highest BCUT2D eigenvalue weighted by Crippen LogP contribution is 2.44. The molecule has 1 fully saturated rings. The summed E-state index contributed by atoms with van der Waals surface area (Å²) < 4.78 is 1.83. The van der Waals surface area contributed by atoms with Crippen LogP contribution in [0.15, 0.2) is 48.7 Å². The maximum Gasteiger partial charge on any atom is 0.335 e. The number of aromatic amines is 1. The molecule has 194 valence electrons. The van der Waals surface area contributed by atoms with Crippen LogP contribution < -0.4 is 0 Å². The molecule has 2 aromatic carbocycles. The summed E-state index contributed by atoms with van der Waals surface area (Å²) in [7, 11) is 0. The molecule has 1 spiro atoms. The fourth-order valence-electron chi connectivity index (χ4n) is 5.90. The number of nitrogens with one attached hydrogen (secondary N) is 1. The van der Waals surface area contributed by atoms with E-state index in [1.54, 1.807) is 24.3 Å². The molecule has 0 saturated carbocycles. The number of Topliss-reactive ketones (excluding diaryl/α,β-unsaturated/α-hetero) is 1. The first-order valence-corrected chi connectivity index (χ1v) is 13.0. The summed E-state index contributed by atoms with van der Waals surface area (Å²) in [6, 6.07) is 12.5. The van der Waals surface area contributed by atoms with E-state index in [9.17, 15) is 14.4 Å². The van der Waals surface area contributed by atoms with Crippen LogP contribution in [0.5, 0.6) is 0 Å². The number of aromatic nitrogens is 4. The summed E-state index contributed by atoms with van der Waals surface area (Å²) >= 11 is 0. The number of H-pyrrole nitrogens is 1. The van der Waals surface area contributed by atoms with Crippen LogP contribution >= 0.6 is 0 Å². The number of benzene rings is 2. The number of hydrogen-bond acceptors (Lipinski definition) is 5. The number of carboxylic acid groups (broad SMARTS) is 1. The zero-order valence-electron chi connectivity index (χ0n) is 21.4. The van der Waals surface area contributed by atoms with E-state index in [0.29, 0.717) is 30.9 Å². The number of imidazole rings is 1. The minimum Gasteiger partial charge on any atom is -0.478 e. The van der Waals surface area contributed by atoms with E-state index in [4.69, 9.17) is 5.11 Å². The van der Waals surface area contributed by atoms with Gasteiger partial charge in [-0.2, -0.15) is 5.10 Å². The van der Waals surface area contributed by atoms with Gasteiger partial charge in [0.25, 0.3) is 5.91 Å². The van der Waals surface area contributed by atoms with Crippen LogP contribution in [0.25, 0.3) is 22.2 Å². The Labute approximate surface area is 219 Å². The Morgan fingerprint density at radius 2 is 1.74 bits per heavy atom. The smallest absolute Gasteiger partial charge is 0.335 e. The number of fused-ring (bicyclic) bond motifs is 2. The lowest BCUT2D eigenvalue weighted by atomic mass is 9.67. The number of piperidine rings is 1. The third-order valence-electron chi connectivity index (χ3n) is 7.99. The van der Waals surface area contributed by atoms with Crippen LogP contribution in [0.3, 0.4) is 0 Å². The van der Waals surface area contributed by atoms with Crippen molar-refractivity contribution in [2.24, 2.45) is 5.41 Å². The number of rotatable bonds is 4. The van der Waals surface area contributed by atoms with Gasteiger partial charge in [-0.05, 0) is 73.9 Å². The quantitative estimate of drug-likeness (QED) is 0.408. The lowest BCUT2D eigenvalue weighted by Gasteiger charge is -2.43. The number of hydrogen-bond donors (Lipinski definition) is 2. The highest BCUT2D eigenvalue weighted by atomic mass is 16.4. The van der Waals surface area contributed by atoms with Crippen LogP contribution in [0.4, 0.5) is 0 Å². The van der Waals surface area contributed by atoms with Gasteiger partial charge in [0.2, 0.25) is 0 Å². The number of aromatic carboxylic acids is 1. The Morgan fingerprint density at radius 3 is 2.42 bits per heavy atom. The Morgan fingerprint density at radius 1 is 1.03 bits per heavy atom. The second kappa shape index (κ2) is 8.93. The Bertz CT molecular complexity index is 1570. The van der Waals surface area contributed by atoms with Gasteiger partial charge in [0.15, 0.2) is 11.6 Å². The summed E-state index contributed by atoms with van der Waals surface area (Å²) in [6.45, 7) is 5.23. The molecule has 3 heterocycles. The Hall–Kier alpha value is -4.27. The molecule has 6 rings (SSSR count). The maximum absolute atomic E-state index is 13.3. The standard InChI is InChI=1S/C29H29N5O4/c1-17(2)34-25-21(16-30-34)14-29(15-24(25)35)9-11-33(12-10-29)27(36)26-31-22-8-7-20(13-23(22)32-26)18-3-5-19(6-4-18)28(37)38/h3-8,13,16-17H,9-12,14-15H2,1-2H3,(H,31,32)(H,37,38). The third kappa shape index (κ3) is 4.08. The van der Waals surface area contributed by atoms with Gasteiger partial charge >= 0.3 is 5.97 Å². The first-order valence-electron chi connectivity index (χ1n) is 13.0. The van der Waals surface area contributed by atoms with Crippen molar-refractivity contribution in [2.75, 3.05) is 13.1 Å². The van der Waals surface area contributed by atoms with Crippen LogP contribution in [-0.4, -0.2) is 60.5 Å². The summed E-state index contributed by atoms with van der Waals surface area (Å²) in [5.74, 6) is -0.647. The van der Waals surface area contributed by atoms with Crippen molar-refractivity contribution in [3.63, 3.8) is 0 Å². The van der Waals surface area contributed by atoms with E-state index in [2.05, 4.69) is 15.1 Å². The van der Waals surface area contributed by atoms with Gasteiger partial charge in [-0.3, -0.25) is 14.3 Å². The van der Waals surface area contributed by atoms with Crippen molar-refractivity contribution in [3.8, 4) is 11.1 Å². The summed E-state index contributed by atoms with van der Waals surface area (Å²) in [4.78, 5) is 47.1. The predicted molar refractivity (Wildman–Crippen MR) is 141 cm³/mol. The van der Waals surface area contributed by atoms with Gasteiger partial charge in [0.05, 0.1) is 22.8 Å². The monoisotopic (exact) mass is 511 g/mol. The summed E-state index contributed by atoms with van der Waals surface area (Å²) in [5, 5.41) is 13.6. The minimum atomic E-state index is -0.963. The fraction of sp³-hybridized carbons (Fsp3) is 0.345. The number of carbonyl (C=O) groups excluding carboxylic acids is 2. The van der Waals surface area contributed by atoms with E-state index in [1.165, 1.54) is 0 Å². The lowest BCUT2D eigenvalue weighted by molar-refractivity contribution is 0.0508. The van der Waals surface area contributed by atoms with Crippen molar-refractivity contribution >= 4 is 28.7 Å². The van der Waals surface area contributed by atoms with Gasteiger partial charge < -0.3 is 15.0 Å². The molecule has 2 aromatic heterocycles. The average Bonchev–Trinajstić information content (AvgIpc) is 3.53. The zero-order chi connectivity index (χ0) is 26.6. The van der Waals surface area contributed by atoms with Crippen molar-refractivity contribution in [1.29, 1.82) is 0 Å². The number of nitrogens with zero attached hydrogens (tertiary/aromatic N) is 4. The van der Waals surface area contributed by atoms with Crippen LogP contribution in [0.2, 0.25) is 0 Å². The molecule has 9 nitrogen and oxygen atoms in total. The first-order chi connectivity index (χ1) is 18.2. The molecule has 0 bridgehead atoms. The van der Waals surface area contributed by atoms with Crippen LogP contribution in [0, 0.1) is 5.41 Å². The van der Waals surface area contributed by atoms with E-state index >= 15 is 0 Å². The normalized spacial score (nSPS) is 16.8. The maximum atomic E-state index is 13.3. The predicted octanol–water partition coefficient (Wildman–Crippen LogP) is 4.76. The molecule has 1 aliphatic heterocycles. The van der Waals surface area contributed by atoms with Gasteiger partial charge in [-0.15, -0.1) is 0 Å². The number of ketones is 1. The summed E-state index contributed by atoms with van der Waals surface area (Å²) in [6.07, 6.45) is 4.71. The summed E-state index contributed by atoms with van der Waals surface area (Å²) in [5.41, 5.74) is 5.11. The zero-order valence-corrected chi connectivity index (χ0v) is 21.4. The second-order valence-electron chi connectivity index (χ2n) is 10.8. The Kier molecular flexibility index (Phi) is 5.66. The number of amides is 1. The molecular formula is C29H29N5O4. The molecule has 1 aliphatic carbocycles. The third-order valence-corrected chi connectivity index (χ3v) is 7.99. The number of carbonyl (C=O) groups is 3. The van der Waals surface area contributed by atoms with Crippen molar-refractivity contribution in [3.05, 3.63) is 71.3 Å². The topological polar surface area (TPSA) is 121 Å². The van der Waals surface area contributed by atoms with Crippen LogP contribution in [-0.2, 0) is 6.42 Å². The van der Waals surface area contributed by atoms with E-state index < -0.39 is 5.97 Å². The molecule has 0 radical (unpaired) electrons. The van der Waals surface area contributed by atoms with E-state index in [0.717, 1.165) is 47.2 Å². The fourth-order valence-corrected chi connectivity index (χ4v) is 5.90. The molecule has 2 aliphatic rings. The van der Waals surface area contributed by atoms with Crippen LogP contribution in [0.1, 0.15) is 76.2 Å². The minimum absolute atomic E-state index is 0.120. The largest absolute Gasteiger partial charge is 0.478 e. The molecule has 1 saturated heterocycles. The van der Waals surface area contributed by atoms with Gasteiger partial charge in [-0.25, -0.2) is 9.78 Å². The molecule has 38 heavy (non-hydrogen) atoms. The van der Waals surface area contributed by atoms with Gasteiger partial charge in [-0.1, -0.05) is 18.2 Å². The van der Waals surface area contributed by atoms with Gasteiger partial charge in [0.1, 0.15) is 5.69 Å². The Balaban J connectivity index is 1.16. The first kappa shape index (κ1) is 24.1.